The summed E-state index contributed by atoms with van der Waals surface area (Å²) in [7, 11) is 1.56. The van der Waals surface area contributed by atoms with Crippen LogP contribution in [0.2, 0.25) is 0 Å². The molecule has 0 N–H and O–H groups in total. The fraction of sp³-hybridized carbons (Fsp3) is 0.429. The van der Waals surface area contributed by atoms with Crippen LogP contribution in [-0.4, -0.2) is 36.4 Å². The molecule has 0 atom stereocenters. The van der Waals surface area contributed by atoms with E-state index in [1.165, 1.54) is 23.4 Å². The topological polar surface area (TPSA) is 41.9 Å². The van der Waals surface area contributed by atoms with Gasteiger partial charge in [-0.1, -0.05) is 12.1 Å². The van der Waals surface area contributed by atoms with Gasteiger partial charge >= 0.3 is 5.97 Å². The fourth-order valence-electron chi connectivity index (χ4n) is 1.35. The molecule has 0 aromatic heterocycles. The highest BCUT2D eigenvalue weighted by Gasteiger charge is 2.33. The molecule has 0 saturated carbocycles. The van der Waals surface area contributed by atoms with E-state index >= 15 is 0 Å². The first-order valence-corrected chi connectivity index (χ1v) is 6.19. The zero-order valence-electron chi connectivity index (χ0n) is 12.0. The van der Waals surface area contributed by atoms with Crippen LogP contribution in [0.1, 0.15) is 26.3 Å². The summed E-state index contributed by atoms with van der Waals surface area (Å²) in [4.78, 5) is 11.8. The van der Waals surface area contributed by atoms with Crippen molar-refractivity contribution in [2.24, 2.45) is 5.10 Å². The van der Waals surface area contributed by atoms with Crippen molar-refractivity contribution in [1.29, 1.82) is 0 Å². The highest BCUT2D eigenvalue weighted by molar-refractivity contribution is 5.82. The smallest absolute Gasteiger partial charge is 0.333 e. The quantitative estimate of drug-likeness (QED) is 0.474. The second-order valence-electron chi connectivity index (χ2n) is 4.69. The number of hydrazone groups is 1. The van der Waals surface area contributed by atoms with E-state index in [4.69, 9.17) is 4.74 Å². The molecule has 0 aliphatic heterocycles. The number of hydrogen-bond acceptors (Lipinski definition) is 4. The average molecular weight is 284 g/mol. The van der Waals surface area contributed by atoms with Crippen LogP contribution in [0, 0.1) is 11.6 Å². The highest BCUT2D eigenvalue weighted by atomic mass is 19.2. The predicted octanol–water partition coefficient (Wildman–Crippen LogP) is 2.57. The number of ether oxygens (including phenoxy) is 1. The molecule has 0 aliphatic rings. The molecule has 0 heterocycles. The maximum Gasteiger partial charge on any atom is 0.333 e. The van der Waals surface area contributed by atoms with Crippen molar-refractivity contribution in [3.63, 3.8) is 0 Å². The van der Waals surface area contributed by atoms with E-state index in [0.29, 0.717) is 0 Å². The molecule has 1 aromatic rings. The number of rotatable bonds is 5. The third-order valence-corrected chi connectivity index (χ3v) is 2.94. The predicted molar refractivity (Wildman–Crippen MR) is 72.4 cm³/mol. The molecule has 0 radical (unpaired) electrons. The highest BCUT2D eigenvalue weighted by Crippen LogP contribution is 2.15. The molecule has 110 valence electrons. The molecule has 0 fully saturated rings. The summed E-state index contributed by atoms with van der Waals surface area (Å²) in [5, 5.41) is 5.31. The maximum atomic E-state index is 13.5. The van der Waals surface area contributed by atoms with Crippen molar-refractivity contribution < 1.29 is 18.3 Å². The Labute approximate surface area is 117 Å². The number of nitrogens with zero attached hydrogens (tertiary/aromatic N) is 2. The lowest BCUT2D eigenvalue weighted by Gasteiger charge is -2.30. The molecule has 0 aliphatic carbocycles. The van der Waals surface area contributed by atoms with Gasteiger partial charge in [-0.05, 0) is 26.8 Å². The van der Waals surface area contributed by atoms with Gasteiger partial charge in [0.1, 0.15) is 5.54 Å². The zero-order chi connectivity index (χ0) is 15.3. The Balaban J connectivity index is 2.89. The van der Waals surface area contributed by atoms with Crippen molar-refractivity contribution in [1.82, 2.24) is 5.01 Å². The molecule has 1 rings (SSSR count). The van der Waals surface area contributed by atoms with E-state index in [-0.39, 0.29) is 12.2 Å². The average Bonchev–Trinajstić information content (AvgIpc) is 2.40. The molecule has 0 saturated heterocycles. The third-order valence-electron chi connectivity index (χ3n) is 2.94. The van der Waals surface area contributed by atoms with Crippen LogP contribution in [0.4, 0.5) is 8.78 Å². The maximum absolute atomic E-state index is 13.5. The number of likely N-dealkylation sites (N-methyl/N-ethyl adjacent to an activating group) is 1. The fourth-order valence-corrected chi connectivity index (χ4v) is 1.35. The lowest BCUT2D eigenvalue weighted by atomic mass is 10.1. The van der Waals surface area contributed by atoms with Crippen molar-refractivity contribution in [3.8, 4) is 0 Å². The van der Waals surface area contributed by atoms with Gasteiger partial charge in [0.2, 0.25) is 0 Å². The SMILES string of the molecule is CCOC(=O)C(C)(C)N(C)/N=C/c1cccc(F)c1F. The molecule has 0 spiro atoms. The van der Waals surface area contributed by atoms with Gasteiger partial charge in [0, 0.05) is 12.6 Å². The summed E-state index contributed by atoms with van der Waals surface area (Å²) in [5.74, 6) is -2.36. The molecule has 1 aromatic carbocycles. The molecule has 4 nitrogen and oxygen atoms in total. The van der Waals surface area contributed by atoms with Crippen LogP contribution >= 0.6 is 0 Å². The number of hydrogen-bond donors (Lipinski definition) is 0. The Kier molecular flexibility index (Phi) is 5.19. The number of halogens is 2. The van der Waals surface area contributed by atoms with E-state index in [0.717, 1.165) is 6.07 Å². The first kappa shape index (κ1) is 16.1. The Bertz CT molecular complexity index is 516. The molecular formula is C14H18F2N2O2. The number of benzene rings is 1. The van der Waals surface area contributed by atoms with Crippen LogP contribution in [0.3, 0.4) is 0 Å². The van der Waals surface area contributed by atoms with Gasteiger partial charge < -0.3 is 4.74 Å². The van der Waals surface area contributed by atoms with Gasteiger partial charge in [0.15, 0.2) is 11.6 Å². The standard InChI is InChI=1S/C14H18F2N2O2/c1-5-20-13(19)14(2,3)18(4)17-9-10-7-6-8-11(15)12(10)16/h6-9H,5H2,1-4H3/b17-9+. The van der Waals surface area contributed by atoms with E-state index in [1.54, 1.807) is 27.8 Å². The second-order valence-corrected chi connectivity index (χ2v) is 4.69. The zero-order valence-corrected chi connectivity index (χ0v) is 12.0. The largest absolute Gasteiger partial charge is 0.464 e. The van der Waals surface area contributed by atoms with Crippen molar-refractivity contribution in [2.45, 2.75) is 26.3 Å². The number of carbonyl (C=O) groups excluding carboxylic acids is 1. The first-order valence-electron chi connectivity index (χ1n) is 6.19. The summed E-state index contributed by atoms with van der Waals surface area (Å²) >= 11 is 0. The van der Waals surface area contributed by atoms with Gasteiger partial charge in [-0.2, -0.15) is 5.10 Å². The Morgan fingerprint density at radius 3 is 2.70 bits per heavy atom. The molecular weight excluding hydrogens is 266 g/mol. The lowest BCUT2D eigenvalue weighted by Crippen LogP contribution is -2.46. The van der Waals surface area contributed by atoms with Gasteiger partial charge in [0.05, 0.1) is 12.8 Å². The summed E-state index contributed by atoms with van der Waals surface area (Å²) in [5.41, 5.74) is -0.993. The van der Waals surface area contributed by atoms with Crippen LogP contribution in [0.15, 0.2) is 23.3 Å². The molecule has 20 heavy (non-hydrogen) atoms. The van der Waals surface area contributed by atoms with Crippen LogP contribution in [-0.2, 0) is 9.53 Å². The minimum absolute atomic E-state index is 0.0107. The van der Waals surface area contributed by atoms with Gasteiger partial charge in [0.25, 0.3) is 0 Å². The normalized spacial score (nSPS) is 11.7. The second kappa shape index (κ2) is 6.45. The minimum atomic E-state index is -1.00. The van der Waals surface area contributed by atoms with Crippen molar-refractivity contribution in [2.75, 3.05) is 13.7 Å². The Morgan fingerprint density at radius 2 is 2.10 bits per heavy atom. The summed E-state index contributed by atoms with van der Waals surface area (Å²) in [6.45, 7) is 5.23. The first-order chi connectivity index (χ1) is 9.30. The van der Waals surface area contributed by atoms with Gasteiger partial charge in [-0.3, -0.25) is 5.01 Å². The number of esters is 1. The van der Waals surface area contributed by atoms with E-state index < -0.39 is 23.1 Å². The monoisotopic (exact) mass is 284 g/mol. The summed E-state index contributed by atoms with van der Waals surface area (Å²) < 4.78 is 31.4. The molecule has 0 amide bonds. The summed E-state index contributed by atoms with van der Waals surface area (Å²) in [6.07, 6.45) is 1.17. The van der Waals surface area contributed by atoms with Crippen LogP contribution < -0.4 is 0 Å². The van der Waals surface area contributed by atoms with E-state index in [2.05, 4.69) is 5.10 Å². The van der Waals surface area contributed by atoms with Crippen molar-refractivity contribution >= 4 is 12.2 Å². The third kappa shape index (κ3) is 3.53. The minimum Gasteiger partial charge on any atom is -0.464 e. The van der Waals surface area contributed by atoms with E-state index in [1.807, 2.05) is 0 Å². The number of carbonyl (C=O) groups is 1. The van der Waals surface area contributed by atoms with Gasteiger partial charge in [-0.25, -0.2) is 13.6 Å². The van der Waals surface area contributed by atoms with Crippen molar-refractivity contribution in [3.05, 3.63) is 35.4 Å². The summed E-state index contributed by atoms with van der Waals surface area (Å²) in [6, 6.07) is 3.81. The Morgan fingerprint density at radius 1 is 1.45 bits per heavy atom. The van der Waals surface area contributed by atoms with Crippen LogP contribution in [0.25, 0.3) is 0 Å². The molecule has 6 heteroatoms. The van der Waals surface area contributed by atoms with Crippen LogP contribution in [0.5, 0.6) is 0 Å². The lowest BCUT2D eigenvalue weighted by molar-refractivity contribution is -0.154. The molecule has 0 unspecified atom stereocenters. The molecule has 0 bridgehead atoms. The Hall–Kier alpha value is -1.98. The van der Waals surface area contributed by atoms with E-state index in [9.17, 15) is 13.6 Å². The van der Waals surface area contributed by atoms with Gasteiger partial charge in [-0.15, -0.1) is 0 Å².